The fraction of sp³-hybridized carbons (Fsp3) is 0.733. The van der Waals surface area contributed by atoms with E-state index >= 15 is 0 Å². The van der Waals surface area contributed by atoms with Crippen LogP contribution in [-0.4, -0.2) is 28.2 Å². The van der Waals surface area contributed by atoms with Gasteiger partial charge in [-0.25, -0.2) is 9.78 Å². The lowest BCUT2D eigenvalue weighted by atomic mass is 9.82. The van der Waals surface area contributed by atoms with E-state index < -0.39 is 0 Å². The monoisotopic (exact) mass is 277 g/mol. The summed E-state index contributed by atoms with van der Waals surface area (Å²) in [6.07, 6.45) is 10.8. The van der Waals surface area contributed by atoms with Gasteiger partial charge in [0, 0.05) is 12.4 Å². The fourth-order valence-electron chi connectivity index (χ4n) is 3.58. The standard InChI is InChI=1S/C15H23N3O2/c1-10(14-16-7-8-17-14)13-12(18-15(19)20-13)9-11-5-3-2-4-6-11/h7-8,10-13H,2-6,9H2,1H3,(H,16,17)(H,18,19)/t10?,12-,13?/m0/s1. The molecule has 3 atom stereocenters. The van der Waals surface area contributed by atoms with Gasteiger partial charge in [0.15, 0.2) is 0 Å². The summed E-state index contributed by atoms with van der Waals surface area (Å²) < 4.78 is 5.49. The lowest BCUT2D eigenvalue weighted by Gasteiger charge is -2.27. The molecule has 2 fully saturated rings. The Morgan fingerprint density at radius 1 is 1.40 bits per heavy atom. The Morgan fingerprint density at radius 2 is 2.20 bits per heavy atom. The molecule has 1 saturated heterocycles. The Hall–Kier alpha value is -1.52. The number of cyclic esters (lactones) is 1. The van der Waals surface area contributed by atoms with Crippen LogP contribution in [0.5, 0.6) is 0 Å². The summed E-state index contributed by atoms with van der Waals surface area (Å²) in [6.45, 7) is 2.07. The molecule has 2 aliphatic rings. The van der Waals surface area contributed by atoms with Crippen molar-refractivity contribution < 1.29 is 9.53 Å². The Morgan fingerprint density at radius 3 is 2.90 bits per heavy atom. The molecule has 3 rings (SSSR count). The molecule has 1 aliphatic carbocycles. The first kappa shape index (κ1) is 13.5. The molecule has 0 spiro atoms. The number of nitrogens with zero attached hydrogens (tertiary/aromatic N) is 1. The lowest BCUT2D eigenvalue weighted by Crippen LogP contribution is -2.37. The summed E-state index contributed by atoms with van der Waals surface area (Å²) in [5.41, 5.74) is 0. The van der Waals surface area contributed by atoms with E-state index in [0.717, 1.165) is 18.2 Å². The summed E-state index contributed by atoms with van der Waals surface area (Å²) in [7, 11) is 0. The topological polar surface area (TPSA) is 67.0 Å². The predicted molar refractivity (Wildman–Crippen MR) is 75.4 cm³/mol. The van der Waals surface area contributed by atoms with Gasteiger partial charge in [0.25, 0.3) is 0 Å². The number of H-pyrrole nitrogens is 1. The molecule has 0 aromatic carbocycles. The normalized spacial score (nSPS) is 28.9. The molecular weight excluding hydrogens is 254 g/mol. The maximum atomic E-state index is 11.6. The van der Waals surface area contributed by atoms with Gasteiger partial charge in [-0.05, 0) is 12.3 Å². The molecular formula is C15H23N3O2. The lowest BCUT2D eigenvalue weighted by molar-refractivity contribution is 0.109. The number of alkyl carbamates (subject to hydrolysis) is 1. The van der Waals surface area contributed by atoms with Crippen LogP contribution in [0.1, 0.15) is 57.2 Å². The number of aromatic amines is 1. The zero-order valence-electron chi connectivity index (χ0n) is 12.0. The Labute approximate surface area is 119 Å². The van der Waals surface area contributed by atoms with Crippen molar-refractivity contribution in [1.82, 2.24) is 15.3 Å². The van der Waals surface area contributed by atoms with Crippen molar-refractivity contribution in [2.24, 2.45) is 5.92 Å². The molecule has 2 unspecified atom stereocenters. The van der Waals surface area contributed by atoms with Crippen molar-refractivity contribution in [3.8, 4) is 0 Å². The van der Waals surface area contributed by atoms with Crippen LogP contribution in [0.2, 0.25) is 0 Å². The summed E-state index contributed by atoms with van der Waals surface area (Å²) in [6, 6.07) is 0.116. The van der Waals surface area contributed by atoms with Crippen molar-refractivity contribution in [3.05, 3.63) is 18.2 Å². The van der Waals surface area contributed by atoms with Crippen LogP contribution in [0.15, 0.2) is 12.4 Å². The van der Waals surface area contributed by atoms with Crippen molar-refractivity contribution in [3.63, 3.8) is 0 Å². The quantitative estimate of drug-likeness (QED) is 0.889. The van der Waals surface area contributed by atoms with E-state index in [1.807, 2.05) is 6.20 Å². The first-order chi connectivity index (χ1) is 9.74. The molecule has 0 bridgehead atoms. The third kappa shape index (κ3) is 2.81. The Balaban J connectivity index is 1.66. The number of carbonyl (C=O) groups excluding carboxylic acids is 1. The van der Waals surface area contributed by atoms with E-state index in [1.165, 1.54) is 32.1 Å². The number of hydrogen-bond donors (Lipinski definition) is 2. The van der Waals surface area contributed by atoms with Crippen LogP contribution in [0.4, 0.5) is 4.79 Å². The number of carbonyl (C=O) groups is 1. The summed E-state index contributed by atoms with van der Waals surface area (Å²) in [5, 5.41) is 2.99. The van der Waals surface area contributed by atoms with Gasteiger partial charge in [-0.3, -0.25) is 0 Å². The molecule has 2 N–H and O–H groups in total. The van der Waals surface area contributed by atoms with Gasteiger partial charge in [0.2, 0.25) is 0 Å². The van der Waals surface area contributed by atoms with Gasteiger partial charge >= 0.3 is 6.09 Å². The van der Waals surface area contributed by atoms with E-state index in [1.54, 1.807) is 6.20 Å². The first-order valence-electron chi connectivity index (χ1n) is 7.70. The van der Waals surface area contributed by atoms with E-state index in [-0.39, 0.29) is 24.2 Å². The minimum Gasteiger partial charge on any atom is -0.443 e. The number of aromatic nitrogens is 2. The van der Waals surface area contributed by atoms with E-state index in [4.69, 9.17) is 4.74 Å². The highest BCUT2D eigenvalue weighted by Crippen LogP contribution is 2.33. The maximum absolute atomic E-state index is 11.6. The number of imidazole rings is 1. The Bertz CT molecular complexity index is 440. The molecule has 0 radical (unpaired) electrons. The van der Waals surface area contributed by atoms with Gasteiger partial charge in [-0.2, -0.15) is 0 Å². The zero-order valence-corrected chi connectivity index (χ0v) is 12.0. The average molecular weight is 277 g/mol. The third-order valence-corrected chi connectivity index (χ3v) is 4.70. The fourth-order valence-corrected chi connectivity index (χ4v) is 3.58. The zero-order chi connectivity index (χ0) is 13.9. The Kier molecular flexibility index (Phi) is 3.94. The van der Waals surface area contributed by atoms with Crippen molar-refractivity contribution in [2.75, 3.05) is 0 Å². The van der Waals surface area contributed by atoms with Crippen molar-refractivity contribution >= 4 is 6.09 Å². The predicted octanol–water partition coefficient (Wildman–Crippen LogP) is 2.96. The number of nitrogens with one attached hydrogen (secondary N) is 2. The second kappa shape index (κ2) is 5.85. The van der Waals surface area contributed by atoms with Crippen LogP contribution >= 0.6 is 0 Å². The molecule has 5 heteroatoms. The molecule has 110 valence electrons. The van der Waals surface area contributed by atoms with Crippen molar-refractivity contribution in [1.29, 1.82) is 0 Å². The molecule has 1 aliphatic heterocycles. The molecule has 1 saturated carbocycles. The van der Waals surface area contributed by atoms with Gasteiger partial charge in [-0.15, -0.1) is 0 Å². The van der Waals surface area contributed by atoms with Crippen LogP contribution in [0, 0.1) is 5.92 Å². The van der Waals surface area contributed by atoms with Crippen LogP contribution in [0.25, 0.3) is 0 Å². The van der Waals surface area contributed by atoms with Crippen LogP contribution < -0.4 is 5.32 Å². The summed E-state index contributed by atoms with van der Waals surface area (Å²) in [4.78, 5) is 19.0. The molecule has 2 heterocycles. The number of hydrogen-bond acceptors (Lipinski definition) is 3. The summed E-state index contributed by atoms with van der Waals surface area (Å²) >= 11 is 0. The second-order valence-electron chi connectivity index (χ2n) is 6.12. The average Bonchev–Trinajstić information content (AvgIpc) is 3.09. The first-order valence-corrected chi connectivity index (χ1v) is 7.70. The van der Waals surface area contributed by atoms with E-state index in [2.05, 4.69) is 22.2 Å². The van der Waals surface area contributed by atoms with Crippen LogP contribution in [-0.2, 0) is 4.74 Å². The van der Waals surface area contributed by atoms with Gasteiger partial charge in [0.05, 0.1) is 12.0 Å². The molecule has 1 aromatic rings. The largest absolute Gasteiger partial charge is 0.443 e. The van der Waals surface area contributed by atoms with Gasteiger partial charge in [0.1, 0.15) is 11.9 Å². The highest BCUT2D eigenvalue weighted by atomic mass is 16.6. The summed E-state index contributed by atoms with van der Waals surface area (Å²) in [5.74, 6) is 1.71. The maximum Gasteiger partial charge on any atom is 0.407 e. The minimum absolute atomic E-state index is 0.0949. The van der Waals surface area contributed by atoms with Crippen molar-refractivity contribution in [2.45, 2.75) is 63.5 Å². The smallest absolute Gasteiger partial charge is 0.407 e. The highest BCUT2D eigenvalue weighted by molar-refractivity contribution is 5.70. The molecule has 20 heavy (non-hydrogen) atoms. The van der Waals surface area contributed by atoms with E-state index in [9.17, 15) is 4.79 Å². The molecule has 1 amide bonds. The highest BCUT2D eigenvalue weighted by Gasteiger charge is 2.40. The van der Waals surface area contributed by atoms with Crippen LogP contribution in [0.3, 0.4) is 0 Å². The van der Waals surface area contributed by atoms with E-state index in [0.29, 0.717) is 0 Å². The SMILES string of the molecule is CC(c1ncc[nH]1)C1OC(=O)N[C@H]1CC1CCCCC1. The number of amides is 1. The second-order valence-corrected chi connectivity index (χ2v) is 6.12. The number of ether oxygens (including phenoxy) is 1. The minimum atomic E-state index is -0.283. The van der Waals surface area contributed by atoms with Gasteiger partial charge in [-0.1, -0.05) is 39.0 Å². The molecule has 5 nitrogen and oxygen atoms in total. The molecule has 1 aromatic heterocycles. The third-order valence-electron chi connectivity index (χ3n) is 4.70. The van der Waals surface area contributed by atoms with Gasteiger partial charge < -0.3 is 15.0 Å². The number of rotatable bonds is 4.